The van der Waals surface area contributed by atoms with E-state index in [2.05, 4.69) is 24.5 Å². The van der Waals surface area contributed by atoms with Gasteiger partial charge in [-0.1, -0.05) is 55.8 Å². The van der Waals surface area contributed by atoms with Crippen molar-refractivity contribution in [2.24, 2.45) is 11.8 Å². The first-order valence-corrected chi connectivity index (χ1v) is 9.25. The number of rotatable bonds is 6. The summed E-state index contributed by atoms with van der Waals surface area (Å²) in [5, 5.41) is 6.55. The minimum atomic E-state index is -0.250. The van der Waals surface area contributed by atoms with Crippen LogP contribution in [0.15, 0.2) is 48.5 Å². The molecule has 1 aliphatic rings. The normalized spacial score (nSPS) is 18.5. The number of halogens is 1. The lowest BCUT2D eigenvalue weighted by Crippen LogP contribution is -2.27. The van der Waals surface area contributed by atoms with Gasteiger partial charge in [-0.25, -0.2) is 0 Å². The van der Waals surface area contributed by atoms with Gasteiger partial charge < -0.3 is 10.6 Å². The highest BCUT2D eigenvalue weighted by Crippen LogP contribution is 2.40. The van der Waals surface area contributed by atoms with Crippen LogP contribution in [0.5, 0.6) is 0 Å². The zero-order valence-corrected chi connectivity index (χ0v) is 15.7. The number of carbonyl (C=O) groups is 2. The van der Waals surface area contributed by atoms with Crippen LogP contribution in [0.25, 0.3) is 0 Å². The molecule has 2 atom stereocenters. The molecular weight excluding hydrogens is 348 g/mol. The minimum absolute atomic E-state index is 0.0720. The fourth-order valence-corrected chi connectivity index (χ4v) is 3.16. The van der Waals surface area contributed by atoms with E-state index < -0.39 is 0 Å². The number of nitrogens with one attached hydrogen (secondary N) is 2. The predicted molar refractivity (Wildman–Crippen MR) is 104 cm³/mol. The number of benzene rings is 2. The molecule has 5 heteroatoms. The molecule has 26 heavy (non-hydrogen) atoms. The molecule has 0 heterocycles. The van der Waals surface area contributed by atoms with Gasteiger partial charge in [0.2, 0.25) is 11.8 Å². The van der Waals surface area contributed by atoms with Crippen LogP contribution in [0, 0.1) is 11.8 Å². The molecule has 4 nitrogen and oxygen atoms in total. The van der Waals surface area contributed by atoms with Crippen molar-refractivity contribution in [1.29, 1.82) is 0 Å². The molecule has 0 bridgehead atoms. The molecule has 2 aromatic carbocycles. The molecular formula is C21H23ClN2O2. The third kappa shape index (κ3) is 4.44. The molecule has 0 spiro atoms. The van der Waals surface area contributed by atoms with Gasteiger partial charge in [0, 0.05) is 17.3 Å². The Morgan fingerprint density at radius 1 is 1.04 bits per heavy atom. The summed E-state index contributed by atoms with van der Waals surface area (Å²) in [5.41, 5.74) is 2.92. The summed E-state index contributed by atoms with van der Waals surface area (Å²) in [6, 6.07) is 15.1. The molecule has 0 radical (unpaired) electrons. The zero-order chi connectivity index (χ0) is 18.7. The van der Waals surface area contributed by atoms with Crippen molar-refractivity contribution >= 4 is 29.1 Å². The summed E-state index contributed by atoms with van der Waals surface area (Å²) in [4.78, 5) is 24.7. The highest BCUT2D eigenvalue weighted by Gasteiger charge is 2.48. The summed E-state index contributed by atoms with van der Waals surface area (Å²) in [6.07, 6.45) is 0.599. The standard InChI is InChI=1S/C21H23ClN2O2/c1-13(2)16-5-3-4-6-19(16)24-21(26)18-11-17(18)20(25)23-12-14-7-9-15(22)10-8-14/h3-10,13,17-18H,11-12H2,1-2H3,(H,23,25)(H,24,26). The second-order valence-corrected chi connectivity index (χ2v) is 7.46. The summed E-state index contributed by atoms with van der Waals surface area (Å²) in [7, 11) is 0. The van der Waals surface area contributed by atoms with E-state index in [9.17, 15) is 9.59 Å². The Morgan fingerprint density at radius 2 is 1.69 bits per heavy atom. The molecule has 2 aromatic rings. The monoisotopic (exact) mass is 370 g/mol. The Morgan fingerprint density at radius 3 is 2.38 bits per heavy atom. The lowest BCUT2D eigenvalue weighted by molar-refractivity contribution is -0.125. The quantitative estimate of drug-likeness (QED) is 0.793. The van der Waals surface area contributed by atoms with Crippen molar-refractivity contribution in [3.05, 3.63) is 64.7 Å². The Bertz CT molecular complexity index is 802. The molecule has 2 unspecified atom stereocenters. The topological polar surface area (TPSA) is 58.2 Å². The molecule has 1 saturated carbocycles. The number of hydrogen-bond donors (Lipinski definition) is 2. The molecule has 136 valence electrons. The fraction of sp³-hybridized carbons (Fsp3) is 0.333. The van der Waals surface area contributed by atoms with E-state index >= 15 is 0 Å². The van der Waals surface area contributed by atoms with E-state index in [4.69, 9.17) is 11.6 Å². The molecule has 1 fully saturated rings. The second kappa shape index (κ2) is 7.92. The maximum Gasteiger partial charge on any atom is 0.228 e. The largest absolute Gasteiger partial charge is 0.352 e. The molecule has 2 amide bonds. The first kappa shape index (κ1) is 18.5. The first-order chi connectivity index (χ1) is 12.5. The molecule has 0 aromatic heterocycles. The van der Waals surface area contributed by atoms with Gasteiger partial charge in [-0.15, -0.1) is 0 Å². The Balaban J connectivity index is 1.52. The van der Waals surface area contributed by atoms with Crippen molar-refractivity contribution in [2.75, 3.05) is 5.32 Å². The average molecular weight is 371 g/mol. The maximum atomic E-state index is 12.5. The number of para-hydroxylation sites is 1. The highest BCUT2D eigenvalue weighted by atomic mass is 35.5. The second-order valence-electron chi connectivity index (χ2n) is 7.02. The lowest BCUT2D eigenvalue weighted by atomic mass is 10.0. The van der Waals surface area contributed by atoms with Gasteiger partial charge >= 0.3 is 0 Å². The van der Waals surface area contributed by atoms with E-state index in [1.165, 1.54) is 0 Å². The van der Waals surface area contributed by atoms with E-state index in [1.807, 2.05) is 36.4 Å². The number of hydrogen-bond acceptors (Lipinski definition) is 2. The van der Waals surface area contributed by atoms with Crippen LogP contribution in [-0.4, -0.2) is 11.8 Å². The van der Waals surface area contributed by atoms with Gasteiger partial charge in [0.1, 0.15) is 0 Å². The Kier molecular flexibility index (Phi) is 5.62. The van der Waals surface area contributed by atoms with Crippen molar-refractivity contribution in [2.45, 2.75) is 32.7 Å². The summed E-state index contributed by atoms with van der Waals surface area (Å²) < 4.78 is 0. The van der Waals surface area contributed by atoms with E-state index in [1.54, 1.807) is 12.1 Å². The summed E-state index contributed by atoms with van der Waals surface area (Å²) >= 11 is 5.85. The van der Waals surface area contributed by atoms with E-state index in [0.717, 1.165) is 16.8 Å². The molecule has 3 rings (SSSR count). The van der Waals surface area contributed by atoms with Crippen LogP contribution in [-0.2, 0) is 16.1 Å². The Labute approximate surface area is 158 Å². The number of amides is 2. The van der Waals surface area contributed by atoms with Crippen LogP contribution in [0.3, 0.4) is 0 Å². The zero-order valence-electron chi connectivity index (χ0n) is 15.0. The molecule has 2 N–H and O–H groups in total. The van der Waals surface area contributed by atoms with E-state index in [0.29, 0.717) is 23.9 Å². The van der Waals surface area contributed by atoms with Gasteiger partial charge in [0.15, 0.2) is 0 Å². The smallest absolute Gasteiger partial charge is 0.228 e. The van der Waals surface area contributed by atoms with Gasteiger partial charge in [0.05, 0.1) is 11.8 Å². The van der Waals surface area contributed by atoms with Gasteiger partial charge in [0.25, 0.3) is 0 Å². The highest BCUT2D eigenvalue weighted by molar-refractivity contribution is 6.30. The SMILES string of the molecule is CC(C)c1ccccc1NC(=O)C1CC1C(=O)NCc1ccc(Cl)cc1. The maximum absolute atomic E-state index is 12.5. The summed E-state index contributed by atoms with van der Waals surface area (Å²) in [5.74, 6) is -0.319. The predicted octanol–water partition coefficient (Wildman–Crippen LogP) is 4.35. The van der Waals surface area contributed by atoms with Gasteiger partial charge in [-0.05, 0) is 41.7 Å². The number of carbonyl (C=O) groups excluding carboxylic acids is 2. The van der Waals surface area contributed by atoms with Gasteiger partial charge in [-0.2, -0.15) is 0 Å². The van der Waals surface area contributed by atoms with Crippen molar-refractivity contribution < 1.29 is 9.59 Å². The molecule has 0 aliphatic heterocycles. The Hall–Kier alpha value is -2.33. The lowest BCUT2D eigenvalue weighted by Gasteiger charge is -2.13. The van der Waals surface area contributed by atoms with Gasteiger partial charge in [-0.3, -0.25) is 9.59 Å². The third-order valence-electron chi connectivity index (χ3n) is 4.68. The van der Waals surface area contributed by atoms with Crippen molar-refractivity contribution in [3.8, 4) is 0 Å². The van der Waals surface area contributed by atoms with Crippen LogP contribution in [0.1, 0.15) is 37.3 Å². The first-order valence-electron chi connectivity index (χ1n) is 8.87. The fourth-order valence-electron chi connectivity index (χ4n) is 3.04. The van der Waals surface area contributed by atoms with Crippen LogP contribution < -0.4 is 10.6 Å². The van der Waals surface area contributed by atoms with E-state index in [-0.39, 0.29) is 23.7 Å². The third-order valence-corrected chi connectivity index (χ3v) is 4.94. The molecule has 1 aliphatic carbocycles. The average Bonchev–Trinajstić information content (AvgIpc) is 3.42. The number of anilines is 1. The molecule has 0 saturated heterocycles. The van der Waals surface area contributed by atoms with Crippen molar-refractivity contribution in [3.63, 3.8) is 0 Å². The van der Waals surface area contributed by atoms with Crippen molar-refractivity contribution in [1.82, 2.24) is 5.32 Å². The van der Waals surface area contributed by atoms with Crippen LogP contribution >= 0.6 is 11.6 Å². The van der Waals surface area contributed by atoms with Crippen LogP contribution in [0.2, 0.25) is 5.02 Å². The van der Waals surface area contributed by atoms with Crippen LogP contribution in [0.4, 0.5) is 5.69 Å². The minimum Gasteiger partial charge on any atom is -0.352 e. The summed E-state index contributed by atoms with van der Waals surface area (Å²) in [6.45, 7) is 4.63.